The molecule has 1 aromatic carbocycles. The van der Waals surface area contributed by atoms with Crippen molar-refractivity contribution >= 4 is 39.8 Å². The molecule has 7 heteroatoms. The second-order valence-corrected chi connectivity index (χ2v) is 7.66. The van der Waals surface area contributed by atoms with Gasteiger partial charge in [0.1, 0.15) is 0 Å². The van der Waals surface area contributed by atoms with Gasteiger partial charge < -0.3 is 10.6 Å². The second kappa shape index (κ2) is 12.5. The van der Waals surface area contributed by atoms with Crippen molar-refractivity contribution in [2.75, 3.05) is 25.9 Å². The number of hydrogen-bond donors (Lipinski definition) is 2. The summed E-state index contributed by atoms with van der Waals surface area (Å²) in [5, 5.41) is 6.46. The van der Waals surface area contributed by atoms with E-state index in [1.165, 1.54) is 0 Å². The molecule has 0 spiro atoms. The van der Waals surface area contributed by atoms with Crippen LogP contribution in [0.1, 0.15) is 33.1 Å². The van der Waals surface area contributed by atoms with Crippen molar-refractivity contribution in [1.82, 2.24) is 10.6 Å². The van der Waals surface area contributed by atoms with E-state index in [1.54, 1.807) is 31.3 Å². The molecule has 2 N–H and O–H groups in total. The van der Waals surface area contributed by atoms with Crippen LogP contribution in [0.3, 0.4) is 0 Å². The van der Waals surface area contributed by atoms with Gasteiger partial charge in [0.2, 0.25) is 0 Å². The van der Waals surface area contributed by atoms with E-state index in [1.807, 2.05) is 6.07 Å². The lowest BCUT2D eigenvalue weighted by Gasteiger charge is -2.16. The Balaban J connectivity index is 0.00000529. The molecule has 0 aliphatic rings. The van der Waals surface area contributed by atoms with Gasteiger partial charge in [0.15, 0.2) is 15.8 Å². The molecule has 0 radical (unpaired) electrons. The van der Waals surface area contributed by atoms with E-state index in [0.29, 0.717) is 23.8 Å². The standard InChI is InChI=1S/C17H29N3O2S.HI/c1-4-15(5-2)14-20-17(18-3)19-12-9-13-23(21,22)16-10-7-6-8-11-16;/h6-8,10-11,15H,4-5,9,12-14H2,1-3H3,(H2,18,19,20);1H. The Morgan fingerprint density at radius 2 is 1.75 bits per heavy atom. The van der Waals surface area contributed by atoms with Crippen LogP contribution in [0.15, 0.2) is 40.2 Å². The Hall–Kier alpha value is -0.830. The minimum absolute atomic E-state index is 0. The molecule has 0 saturated carbocycles. The topological polar surface area (TPSA) is 70.6 Å². The molecule has 1 rings (SSSR count). The SMILES string of the molecule is CCC(CC)CNC(=NC)NCCCS(=O)(=O)c1ccccc1.I. The van der Waals surface area contributed by atoms with Crippen LogP contribution in [-0.2, 0) is 9.84 Å². The van der Waals surface area contributed by atoms with Crippen molar-refractivity contribution in [2.45, 2.75) is 38.0 Å². The van der Waals surface area contributed by atoms with Crippen LogP contribution in [0.25, 0.3) is 0 Å². The zero-order chi connectivity index (χ0) is 17.1. The van der Waals surface area contributed by atoms with E-state index >= 15 is 0 Å². The third-order valence-electron chi connectivity index (χ3n) is 3.92. The van der Waals surface area contributed by atoms with E-state index in [0.717, 1.165) is 25.3 Å². The summed E-state index contributed by atoms with van der Waals surface area (Å²) in [5.74, 6) is 1.49. The van der Waals surface area contributed by atoms with Gasteiger partial charge in [-0.25, -0.2) is 8.42 Å². The first-order valence-corrected chi connectivity index (χ1v) is 9.91. The van der Waals surface area contributed by atoms with E-state index in [9.17, 15) is 8.42 Å². The minimum Gasteiger partial charge on any atom is -0.356 e. The zero-order valence-corrected chi connectivity index (χ0v) is 17.9. The minimum atomic E-state index is -3.20. The molecular formula is C17H30IN3O2S. The molecule has 24 heavy (non-hydrogen) atoms. The average molecular weight is 467 g/mol. The van der Waals surface area contributed by atoms with Crippen LogP contribution in [0, 0.1) is 5.92 Å². The molecule has 0 amide bonds. The summed E-state index contributed by atoms with van der Waals surface area (Å²) >= 11 is 0. The molecule has 5 nitrogen and oxygen atoms in total. The Morgan fingerprint density at radius 3 is 2.29 bits per heavy atom. The first-order valence-electron chi connectivity index (χ1n) is 8.25. The summed E-state index contributed by atoms with van der Waals surface area (Å²) in [5.41, 5.74) is 0. The first kappa shape index (κ1) is 23.2. The van der Waals surface area contributed by atoms with Gasteiger partial charge in [0.05, 0.1) is 10.6 Å². The number of nitrogens with zero attached hydrogens (tertiary/aromatic N) is 1. The van der Waals surface area contributed by atoms with Gasteiger partial charge in [-0.1, -0.05) is 44.9 Å². The highest BCUT2D eigenvalue weighted by atomic mass is 127. The van der Waals surface area contributed by atoms with E-state index in [-0.39, 0.29) is 29.7 Å². The maximum atomic E-state index is 12.2. The monoisotopic (exact) mass is 467 g/mol. The third kappa shape index (κ3) is 8.32. The smallest absolute Gasteiger partial charge is 0.190 e. The summed E-state index contributed by atoms with van der Waals surface area (Å²) in [6.07, 6.45) is 2.81. The van der Waals surface area contributed by atoms with Crippen LogP contribution in [-0.4, -0.2) is 40.3 Å². The summed E-state index contributed by atoms with van der Waals surface area (Å²) in [6.45, 7) is 5.82. The summed E-state index contributed by atoms with van der Waals surface area (Å²) < 4.78 is 24.3. The van der Waals surface area contributed by atoms with Crippen LogP contribution < -0.4 is 10.6 Å². The molecule has 0 heterocycles. The quantitative estimate of drug-likeness (QED) is 0.254. The van der Waals surface area contributed by atoms with Gasteiger partial charge in [-0.2, -0.15) is 0 Å². The van der Waals surface area contributed by atoms with Crippen LogP contribution in [0.4, 0.5) is 0 Å². The second-order valence-electron chi connectivity index (χ2n) is 5.55. The van der Waals surface area contributed by atoms with E-state index < -0.39 is 9.84 Å². The molecule has 0 fully saturated rings. The zero-order valence-electron chi connectivity index (χ0n) is 14.8. The molecule has 138 valence electrons. The Labute approximate surface area is 163 Å². The van der Waals surface area contributed by atoms with Gasteiger partial charge in [-0.15, -0.1) is 24.0 Å². The number of halogens is 1. The van der Waals surface area contributed by atoms with Crippen molar-refractivity contribution in [3.8, 4) is 0 Å². The molecule has 1 aromatic rings. The van der Waals surface area contributed by atoms with E-state index in [4.69, 9.17) is 0 Å². The number of guanidine groups is 1. The van der Waals surface area contributed by atoms with Crippen LogP contribution >= 0.6 is 24.0 Å². The number of benzene rings is 1. The molecule has 0 aliphatic carbocycles. The normalized spacial score (nSPS) is 11.9. The van der Waals surface area contributed by atoms with Gasteiger partial charge in [-0.3, -0.25) is 4.99 Å². The molecule has 0 atom stereocenters. The summed E-state index contributed by atoms with van der Waals surface area (Å²) in [7, 11) is -1.47. The van der Waals surface area contributed by atoms with Crippen molar-refractivity contribution in [3.05, 3.63) is 30.3 Å². The number of nitrogens with one attached hydrogen (secondary N) is 2. The van der Waals surface area contributed by atoms with Gasteiger partial charge in [0, 0.05) is 20.1 Å². The van der Waals surface area contributed by atoms with Gasteiger partial charge in [-0.05, 0) is 24.5 Å². The number of hydrogen-bond acceptors (Lipinski definition) is 3. The summed E-state index contributed by atoms with van der Waals surface area (Å²) in [4.78, 5) is 4.55. The first-order chi connectivity index (χ1) is 11.0. The lowest BCUT2D eigenvalue weighted by Crippen LogP contribution is -2.40. The Morgan fingerprint density at radius 1 is 1.12 bits per heavy atom. The van der Waals surface area contributed by atoms with Gasteiger partial charge >= 0.3 is 0 Å². The van der Waals surface area contributed by atoms with E-state index in [2.05, 4.69) is 29.5 Å². The third-order valence-corrected chi connectivity index (χ3v) is 5.74. The number of rotatable bonds is 9. The average Bonchev–Trinajstić information content (AvgIpc) is 2.58. The molecule has 0 aromatic heterocycles. The van der Waals surface area contributed by atoms with Crippen LogP contribution in [0.5, 0.6) is 0 Å². The molecule has 0 aliphatic heterocycles. The Kier molecular flexibility index (Phi) is 12.1. The maximum absolute atomic E-state index is 12.2. The number of sulfone groups is 1. The van der Waals surface area contributed by atoms with Crippen molar-refractivity contribution in [1.29, 1.82) is 0 Å². The maximum Gasteiger partial charge on any atom is 0.190 e. The van der Waals surface area contributed by atoms with Gasteiger partial charge in [0.25, 0.3) is 0 Å². The fourth-order valence-corrected chi connectivity index (χ4v) is 3.59. The molecule has 0 unspecified atom stereocenters. The molecular weight excluding hydrogens is 437 g/mol. The van der Waals surface area contributed by atoms with Crippen molar-refractivity contribution in [2.24, 2.45) is 10.9 Å². The molecule has 0 saturated heterocycles. The Bertz CT molecular complexity index is 573. The number of aliphatic imine (C=N–C) groups is 1. The summed E-state index contributed by atoms with van der Waals surface area (Å²) in [6, 6.07) is 8.58. The predicted octanol–water partition coefficient (Wildman–Crippen LogP) is 3.07. The van der Waals surface area contributed by atoms with Crippen molar-refractivity contribution < 1.29 is 8.42 Å². The highest BCUT2D eigenvalue weighted by Crippen LogP contribution is 2.10. The fraction of sp³-hybridized carbons (Fsp3) is 0.588. The fourth-order valence-electron chi connectivity index (χ4n) is 2.25. The largest absolute Gasteiger partial charge is 0.356 e. The van der Waals surface area contributed by atoms with Crippen molar-refractivity contribution in [3.63, 3.8) is 0 Å². The predicted molar refractivity (Wildman–Crippen MR) is 112 cm³/mol. The lowest BCUT2D eigenvalue weighted by atomic mass is 10.0. The lowest BCUT2D eigenvalue weighted by molar-refractivity contribution is 0.481. The molecule has 0 bridgehead atoms. The highest BCUT2D eigenvalue weighted by molar-refractivity contribution is 14.0. The highest BCUT2D eigenvalue weighted by Gasteiger charge is 2.13. The van der Waals surface area contributed by atoms with Crippen LogP contribution in [0.2, 0.25) is 0 Å².